The first-order valence-corrected chi connectivity index (χ1v) is 21.8. The van der Waals surface area contributed by atoms with Crippen LogP contribution in [0.1, 0.15) is 44.6 Å². The maximum absolute atomic E-state index is 2.51. The van der Waals surface area contributed by atoms with E-state index in [-0.39, 0.29) is 0 Å². The minimum Gasteiger partial charge on any atom is -0.311 e. The van der Waals surface area contributed by atoms with Gasteiger partial charge in [-0.15, -0.1) is 0 Å². The quantitative estimate of drug-likeness (QED) is 0.157. The summed E-state index contributed by atoms with van der Waals surface area (Å²) in [6.07, 6.45) is 7.04. The van der Waals surface area contributed by atoms with Gasteiger partial charge in [0.05, 0.1) is 11.0 Å². The monoisotopic (exact) mass is 760 g/mol. The van der Waals surface area contributed by atoms with Gasteiger partial charge in [-0.3, -0.25) is 0 Å². The first-order chi connectivity index (χ1) is 29.1. The molecule has 9 aromatic rings. The number of benzene rings is 8. The largest absolute Gasteiger partial charge is 0.311 e. The van der Waals surface area contributed by atoms with Crippen LogP contribution in [-0.4, -0.2) is 4.57 Å². The molecule has 3 aliphatic carbocycles. The Bertz CT molecular complexity index is 2990. The topological polar surface area (TPSA) is 8.17 Å². The SMILES string of the molecule is C[C@H]1CC2C[C@H]3CC(c4ccc(N(c5ccc(-c6ccccc6)cc5)c5ccc(-c6cccc(-n7c8ccccc8c8cc9ccccc9cc87)c6)cc5)cc4)(CC23)C1. The summed E-state index contributed by atoms with van der Waals surface area (Å²) >= 11 is 0. The van der Waals surface area contributed by atoms with Crippen molar-refractivity contribution in [3.63, 3.8) is 0 Å². The second-order valence-corrected chi connectivity index (χ2v) is 18.1. The Kier molecular flexibility index (Phi) is 7.99. The van der Waals surface area contributed by atoms with Gasteiger partial charge in [0.15, 0.2) is 0 Å². The van der Waals surface area contributed by atoms with Gasteiger partial charge in [-0.25, -0.2) is 0 Å². The third kappa shape index (κ3) is 5.75. The van der Waals surface area contributed by atoms with Crippen LogP contribution in [0.3, 0.4) is 0 Å². The van der Waals surface area contributed by atoms with Crippen molar-refractivity contribution in [2.75, 3.05) is 4.90 Å². The van der Waals surface area contributed by atoms with E-state index in [0.29, 0.717) is 5.41 Å². The summed E-state index contributed by atoms with van der Waals surface area (Å²) in [6.45, 7) is 2.51. The number of para-hydroxylation sites is 1. The summed E-state index contributed by atoms with van der Waals surface area (Å²) in [4.78, 5) is 2.43. The van der Waals surface area contributed by atoms with Gasteiger partial charge in [0.25, 0.3) is 0 Å². The van der Waals surface area contributed by atoms with Crippen LogP contribution in [0.5, 0.6) is 0 Å². The molecule has 59 heavy (non-hydrogen) atoms. The van der Waals surface area contributed by atoms with Gasteiger partial charge in [-0.1, -0.05) is 128 Å². The molecule has 3 fully saturated rings. The van der Waals surface area contributed by atoms with Crippen LogP contribution in [0.25, 0.3) is 60.5 Å². The van der Waals surface area contributed by atoms with Crippen LogP contribution < -0.4 is 4.90 Å². The van der Waals surface area contributed by atoms with Gasteiger partial charge < -0.3 is 9.47 Å². The van der Waals surface area contributed by atoms with Crippen LogP contribution in [0.15, 0.2) is 188 Å². The number of aromatic nitrogens is 1. The second kappa shape index (κ2) is 13.6. The Hall–Kier alpha value is -6.38. The van der Waals surface area contributed by atoms with E-state index in [1.54, 1.807) is 5.56 Å². The van der Waals surface area contributed by atoms with E-state index in [2.05, 4.69) is 204 Å². The molecular formula is C57H48N2. The first-order valence-electron chi connectivity index (χ1n) is 21.8. The molecule has 12 rings (SSSR count). The van der Waals surface area contributed by atoms with Crippen LogP contribution in [0.4, 0.5) is 17.1 Å². The fourth-order valence-corrected chi connectivity index (χ4v) is 12.0. The van der Waals surface area contributed by atoms with Crippen molar-refractivity contribution in [3.8, 4) is 27.9 Å². The van der Waals surface area contributed by atoms with Crippen molar-refractivity contribution in [3.05, 3.63) is 194 Å². The molecule has 3 unspecified atom stereocenters. The lowest BCUT2D eigenvalue weighted by molar-refractivity contribution is 0.0780. The van der Waals surface area contributed by atoms with E-state index < -0.39 is 0 Å². The molecule has 0 N–H and O–H groups in total. The Balaban J connectivity index is 0.913. The van der Waals surface area contributed by atoms with E-state index in [1.165, 1.54) is 98.3 Å². The van der Waals surface area contributed by atoms with Gasteiger partial charge in [0, 0.05) is 33.5 Å². The summed E-state index contributed by atoms with van der Waals surface area (Å²) in [5.74, 6) is 3.70. The lowest BCUT2D eigenvalue weighted by atomic mass is 9.63. The van der Waals surface area contributed by atoms with Crippen molar-refractivity contribution >= 4 is 49.6 Å². The molecule has 2 heteroatoms. The predicted octanol–water partition coefficient (Wildman–Crippen LogP) is 15.5. The van der Waals surface area contributed by atoms with Crippen molar-refractivity contribution in [2.24, 2.45) is 23.7 Å². The highest BCUT2D eigenvalue weighted by Crippen LogP contribution is 2.65. The van der Waals surface area contributed by atoms with Crippen LogP contribution in [-0.2, 0) is 5.41 Å². The van der Waals surface area contributed by atoms with Gasteiger partial charge in [-0.2, -0.15) is 0 Å². The number of anilines is 3. The number of hydrogen-bond acceptors (Lipinski definition) is 1. The standard InChI is InChI=1S/C57H48N2/c1-38-30-45-31-46-36-57(35-38,37-54(45)46)47-22-28-50(29-23-47)58(48-24-18-40(19-25-48)39-10-3-2-4-11-39)49-26-20-41(21-27-49)42-14-9-15-51(32-42)59-55-17-8-7-16-52(55)53-33-43-12-5-6-13-44(43)34-56(53)59/h2-29,32-34,38,45-46,54H,30-31,35-37H2,1H3/t38-,45?,46-,54?,57?/m0/s1. The van der Waals surface area contributed by atoms with Crippen molar-refractivity contribution in [1.29, 1.82) is 0 Å². The molecule has 0 radical (unpaired) electrons. The summed E-state index contributed by atoms with van der Waals surface area (Å²) < 4.78 is 2.43. The molecule has 1 aromatic heterocycles. The predicted molar refractivity (Wildman–Crippen MR) is 248 cm³/mol. The summed E-state index contributed by atoms with van der Waals surface area (Å²) in [7, 11) is 0. The summed E-state index contributed by atoms with van der Waals surface area (Å²) in [5, 5.41) is 5.09. The fourth-order valence-electron chi connectivity index (χ4n) is 12.0. The molecule has 3 saturated carbocycles. The van der Waals surface area contributed by atoms with Crippen molar-refractivity contribution < 1.29 is 0 Å². The molecule has 0 aliphatic heterocycles. The Morgan fingerprint density at radius 3 is 1.81 bits per heavy atom. The third-order valence-corrected chi connectivity index (χ3v) is 14.6. The van der Waals surface area contributed by atoms with Crippen molar-refractivity contribution in [2.45, 2.75) is 44.4 Å². The lowest BCUT2D eigenvalue weighted by Gasteiger charge is -2.42. The van der Waals surface area contributed by atoms with Gasteiger partial charge >= 0.3 is 0 Å². The molecular weight excluding hydrogens is 713 g/mol. The fraction of sp³-hybridized carbons (Fsp3) is 0.193. The van der Waals surface area contributed by atoms with Gasteiger partial charge in [0.1, 0.15) is 0 Å². The molecule has 8 aromatic carbocycles. The maximum atomic E-state index is 2.51. The number of nitrogens with zero attached hydrogens (tertiary/aromatic N) is 2. The summed E-state index contributed by atoms with van der Waals surface area (Å²) in [5.41, 5.74) is 13.9. The zero-order valence-electron chi connectivity index (χ0n) is 33.6. The minimum absolute atomic E-state index is 0.351. The number of rotatable bonds is 7. The van der Waals surface area contributed by atoms with E-state index in [9.17, 15) is 0 Å². The number of hydrogen-bond donors (Lipinski definition) is 0. The van der Waals surface area contributed by atoms with Gasteiger partial charge in [-0.05, 0) is 167 Å². The molecule has 0 amide bonds. The highest BCUT2D eigenvalue weighted by atomic mass is 15.1. The molecule has 286 valence electrons. The second-order valence-electron chi connectivity index (χ2n) is 18.1. The normalized spacial score (nSPS) is 22.1. The first kappa shape index (κ1) is 34.6. The molecule has 3 aliphatic rings. The van der Waals surface area contributed by atoms with Crippen LogP contribution >= 0.6 is 0 Å². The summed E-state index contributed by atoms with van der Waals surface area (Å²) in [6, 6.07) is 70.0. The Morgan fingerprint density at radius 1 is 0.458 bits per heavy atom. The average Bonchev–Trinajstić information content (AvgIpc) is 3.72. The Labute approximate surface area is 347 Å². The molecule has 0 spiro atoms. The molecule has 0 saturated heterocycles. The van der Waals surface area contributed by atoms with E-state index in [0.717, 1.165) is 35.0 Å². The maximum Gasteiger partial charge on any atom is 0.0547 e. The van der Waals surface area contributed by atoms with Gasteiger partial charge in [0.2, 0.25) is 0 Å². The Morgan fingerprint density at radius 2 is 1.07 bits per heavy atom. The van der Waals surface area contributed by atoms with Crippen LogP contribution in [0, 0.1) is 23.7 Å². The third-order valence-electron chi connectivity index (χ3n) is 14.6. The van der Waals surface area contributed by atoms with Crippen LogP contribution in [0.2, 0.25) is 0 Å². The highest BCUT2D eigenvalue weighted by Gasteiger charge is 2.57. The van der Waals surface area contributed by atoms with Crippen molar-refractivity contribution in [1.82, 2.24) is 4.57 Å². The molecule has 2 nitrogen and oxygen atoms in total. The van der Waals surface area contributed by atoms with E-state index in [1.807, 2.05) is 0 Å². The number of fused-ring (bicyclic) bond motifs is 5. The molecule has 1 heterocycles. The van der Waals surface area contributed by atoms with E-state index >= 15 is 0 Å². The smallest absolute Gasteiger partial charge is 0.0547 e. The molecule has 2 bridgehead atoms. The van der Waals surface area contributed by atoms with E-state index in [4.69, 9.17) is 0 Å². The minimum atomic E-state index is 0.351. The molecule has 5 atom stereocenters. The zero-order chi connectivity index (χ0) is 39.1. The zero-order valence-corrected chi connectivity index (χ0v) is 33.6. The highest BCUT2D eigenvalue weighted by molar-refractivity contribution is 6.13. The average molecular weight is 761 g/mol. The lowest BCUT2D eigenvalue weighted by Crippen LogP contribution is -2.34.